The normalized spacial score (nSPS) is 15.7. The number of carbonyl (C=O) groups excluding carboxylic acids is 1. The van der Waals surface area contributed by atoms with Gasteiger partial charge in [-0.25, -0.2) is 4.58 Å². The van der Waals surface area contributed by atoms with E-state index in [9.17, 15) is 20.1 Å². The molecule has 1 aromatic carbocycles. The van der Waals surface area contributed by atoms with Crippen molar-refractivity contribution in [2.45, 2.75) is 233 Å². The second-order valence-corrected chi connectivity index (χ2v) is 18.6. The number of phenols is 1. The van der Waals surface area contributed by atoms with E-state index in [0.29, 0.717) is 11.1 Å². The summed E-state index contributed by atoms with van der Waals surface area (Å²) in [5, 5.41) is 33.3. The number of benzene rings is 1. The van der Waals surface area contributed by atoms with E-state index in [1.807, 2.05) is 12.1 Å². The molecule has 2 aliphatic rings. The van der Waals surface area contributed by atoms with Gasteiger partial charge in [0.25, 0.3) is 0 Å². The van der Waals surface area contributed by atoms with Crippen molar-refractivity contribution < 1.29 is 30.2 Å². The quantitative estimate of drug-likeness (QED) is 0.0346. The predicted molar refractivity (Wildman–Crippen MR) is 269 cm³/mol. The van der Waals surface area contributed by atoms with Gasteiger partial charge in [-0.2, -0.15) is 0 Å². The molecule has 0 amide bonds. The zero-order valence-electron chi connectivity index (χ0n) is 41.0. The zero-order chi connectivity index (χ0) is 44.6. The van der Waals surface area contributed by atoms with Gasteiger partial charge in [-0.15, -0.1) is 0 Å². The summed E-state index contributed by atoms with van der Waals surface area (Å²) < 4.78 is 2.27. The summed E-state index contributed by atoms with van der Waals surface area (Å²) in [6, 6.07) is 5.38. The highest BCUT2D eigenvalue weighted by Gasteiger charge is 2.39. The van der Waals surface area contributed by atoms with Gasteiger partial charge >= 0.3 is 0 Å². The van der Waals surface area contributed by atoms with Crippen LogP contribution in [-0.2, 0) is 4.79 Å². The molecule has 0 fully saturated rings. The maximum Gasteiger partial charge on any atom is 0.203 e. The van der Waals surface area contributed by atoms with Crippen molar-refractivity contribution in [3.05, 3.63) is 64.7 Å². The first-order valence-electron chi connectivity index (χ1n) is 26.4. The van der Waals surface area contributed by atoms with Crippen LogP contribution in [0.2, 0.25) is 0 Å². The van der Waals surface area contributed by atoms with Crippen LogP contribution in [0.15, 0.2) is 59.1 Å². The van der Waals surface area contributed by atoms with Crippen LogP contribution in [0.4, 0.5) is 5.69 Å². The lowest BCUT2D eigenvalue weighted by Crippen LogP contribution is -2.26. The van der Waals surface area contributed by atoms with Gasteiger partial charge in [0.15, 0.2) is 0 Å². The fraction of sp³-hybridized carbons (Fsp3) is 0.714. The van der Waals surface area contributed by atoms with E-state index in [-0.39, 0.29) is 39.7 Å². The van der Waals surface area contributed by atoms with Gasteiger partial charge < -0.3 is 25.7 Å². The lowest BCUT2D eigenvalue weighted by Gasteiger charge is -2.27. The largest absolute Gasteiger partial charge is 0.870 e. The van der Waals surface area contributed by atoms with Gasteiger partial charge in [-0.1, -0.05) is 200 Å². The molecule has 2 aliphatic carbocycles. The topological polar surface area (TPSA) is 114 Å². The second kappa shape index (κ2) is 35.0. The molecule has 0 bridgehead atoms. The van der Waals surface area contributed by atoms with E-state index in [2.05, 4.69) is 37.2 Å². The van der Waals surface area contributed by atoms with Crippen molar-refractivity contribution in [3.8, 4) is 5.75 Å². The molecule has 0 unspecified atom stereocenters. The van der Waals surface area contributed by atoms with Gasteiger partial charge in [0.05, 0.1) is 17.2 Å². The standard InChI is InChI=1S/C56H92N2O4.H2O/c1-5-9-11-13-15-17-19-21-23-25-27-29-31-33-35-37-43-57(7-3)47-39-41-49(51(59)45-47)53-55(61)54(56(53)62)50-42-40-48(46-52(50)60)58(8-4)44-38-36-34-32-30-28-26-24-22-20-18-16-14-12-10-6-2;/h39-42,45-46H,5-38,43-44H2,1-4H3,(H2,59,60,61,62);1H2. The van der Waals surface area contributed by atoms with Crippen molar-refractivity contribution in [1.29, 1.82) is 0 Å². The Balaban J connectivity index is 0.0000137. The van der Waals surface area contributed by atoms with E-state index in [4.69, 9.17) is 0 Å². The summed E-state index contributed by atoms with van der Waals surface area (Å²) in [7, 11) is 0. The summed E-state index contributed by atoms with van der Waals surface area (Å²) >= 11 is 0. The molecule has 358 valence electrons. The SMILES string of the molecule is CCCCCCCCCCCCCCCCCCN(CC)c1ccc(C2=C(O)C(=C3C=CC(=[N+](CC)CCCCCCCCCCCCCCCCCC)C=C3O)C2=O)c(O)c1.[OH-]. The van der Waals surface area contributed by atoms with Gasteiger partial charge in [0, 0.05) is 48.5 Å². The maximum atomic E-state index is 13.5. The number of unbranched alkanes of at least 4 members (excludes halogenated alkanes) is 30. The average molecular weight is 875 g/mol. The number of aliphatic hydroxyl groups excluding tert-OH is 2. The summed E-state index contributed by atoms with van der Waals surface area (Å²) in [6.07, 6.45) is 48.6. The first kappa shape index (κ1) is 55.8. The Morgan fingerprint density at radius 3 is 1.33 bits per heavy atom. The summed E-state index contributed by atoms with van der Waals surface area (Å²) in [5.74, 6) is -0.583. The highest BCUT2D eigenvalue weighted by Crippen LogP contribution is 2.43. The van der Waals surface area contributed by atoms with Gasteiger partial charge in [-0.05, 0) is 44.9 Å². The zero-order valence-corrected chi connectivity index (χ0v) is 41.0. The Bertz CT molecular complexity index is 1570. The van der Waals surface area contributed by atoms with E-state index in [1.165, 1.54) is 193 Å². The lowest BCUT2D eigenvalue weighted by atomic mass is 9.79. The Morgan fingerprint density at radius 2 is 0.952 bits per heavy atom. The number of phenolic OH excluding ortho intramolecular Hbond substituents is 1. The fourth-order valence-corrected chi connectivity index (χ4v) is 9.40. The molecule has 63 heavy (non-hydrogen) atoms. The predicted octanol–water partition coefficient (Wildman–Crippen LogP) is 16.2. The van der Waals surface area contributed by atoms with Crippen LogP contribution in [0.1, 0.15) is 239 Å². The van der Waals surface area contributed by atoms with E-state index in [0.717, 1.165) is 50.4 Å². The highest BCUT2D eigenvalue weighted by molar-refractivity contribution is 6.40. The molecule has 0 aliphatic heterocycles. The summed E-state index contributed by atoms with van der Waals surface area (Å²) in [6.45, 7) is 12.3. The minimum atomic E-state index is -0.366. The molecule has 0 aromatic heterocycles. The van der Waals surface area contributed by atoms with Gasteiger partial charge in [0.2, 0.25) is 11.5 Å². The van der Waals surface area contributed by atoms with Crippen molar-refractivity contribution in [2.24, 2.45) is 0 Å². The Labute approximate surface area is 386 Å². The molecule has 0 spiro atoms. The van der Waals surface area contributed by atoms with Crippen molar-refractivity contribution in [2.75, 3.05) is 31.1 Å². The number of allylic oxidation sites excluding steroid dienone is 5. The Kier molecular flexibility index (Phi) is 31.0. The number of hydrogen-bond acceptors (Lipinski definition) is 6. The summed E-state index contributed by atoms with van der Waals surface area (Å²) in [4.78, 5) is 15.7. The number of Topliss-reactive ketones (excluding diaryl/α,β-unsaturated/α-hetero) is 1. The van der Waals surface area contributed by atoms with Crippen LogP contribution in [0.5, 0.6) is 5.75 Å². The molecule has 4 N–H and O–H groups in total. The van der Waals surface area contributed by atoms with Crippen LogP contribution in [-0.4, -0.2) is 63.0 Å². The lowest BCUT2D eigenvalue weighted by molar-refractivity contribution is -0.523. The van der Waals surface area contributed by atoms with Crippen LogP contribution < -0.4 is 4.90 Å². The fourth-order valence-electron chi connectivity index (χ4n) is 9.40. The first-order valence-corrected chi connectivity index (χ1v) is 26.4. The van der Waals surface area contributed by atoms with E-state index < -0.39 is 0 Å². The van der Waals surface area contributed by atoms with Crippen LogP contribution in [0.25, 0.3) is 5.57 Å². The highest BCUT2D eigenvalue weighted by atomic mass is 16.3. The molecular formula is C56H94N2O5. The number of ketones is 1. The molecule has 0 radical (unpaired) electrons. The molecule has 3 rings (SSSR count). The third-order valence-electron chi connectivity index (χ3n) is 13.5. The third-order valence-corrected chi connectivity index (χ3v) is 13.5. The van der Waals surface area contributed by atoms with Crippen LogP contribution >= 0.6 is 0 Å². The molecule has 0 atom stereocenters. The molecule has 7 heteroatoms. The molecule has 0 saturated heterocycles. The number of hydrogen-bond donors (Lipinski definition) is 3. The van der Waals surface area contributed by atoms with Crippen LogP contribution in [0, 0.1) is 0 Å². The minimum absolute atomic E-state index is 0. The maximum absolute atomic E-state index is 13.5. The van der Waals surface area contributed by atoms with Crippen molar-refractivity contribution >= 4 is 22.8 Å². The number of aliphatic hydroxyl groups is 2. The van der Waals surface area contributed by atoms with Crippen molar-refractivity contribution in [3.63, 3.8) is 0 Å². The number of anilines is 1. The molecule has 0 heterocycles. The molecule has 0 saturated carbocycles. The Morgan fingerprint density at radius 1 is 0.524 bits per heavy atom. The second-order valence-electron chi connectivity index (χ2n) is 18.6. The molecular weight excluding hydrogens is 781 g/mol. The number of rotatable bonds is 38. The number of nitrogens with zero attached hydrogens (tertiary/aromatic N) is 2. The summed E-state index contributed by atoms with van der Waals surface area (Å²) in [5.41, 5.74) is 2.69. The number of aromatic hydroxyl groups is 1. The van der Waals surface area contributed by atoms with Gasteiger partial charge in [0.1, 0.15) is 30.4 Å². The average Bonchev–Trinajstić information content (AvgIpc) is 3.27. The smallest absolute Gasteiger partial charge is 0.203 e. The third kappa shape index (κ3) is 21.0. The number of carbonyl (C=O) groups is 1. The molecule has 1 aromatic rings. The van der Waals surface area contributed by atoms with E-state index >= 15 is 0 Å². The first-order chi connectivity index (χ1) is 30.4. The van der Waals surface area contributed by atoms with Crippen LogP contribution in [0.3, 0.4) is 0 Å². The minimum Gasteiger partial charge on any atom is -0.870 e. The van der Waals surface area contributed by atoms with Crippen molar-refractivity contribution in [1.82, 2.24) is 0 Å². The Hall–Kier alpha value is -3.32. The van der Waals surface area contributed by atoms with E-state index in [1.54, 1.807) is 24.3 Å². The molecule has 7 nitrogen and oxygen atoms in total. The van der Waals surface area contributed by atoms with Gasteiger partial charge in [-0.3, -0.25) is 4.79 Å². The monoisotopic (exact) mass is 875 g/mol.